The van der Waals surface area contributed by atoms with Crippen molar-refractivity contribution in [2.45, 2.75) is 13.3 Å². The maximum atomic E-state index is 12.8. The van der Waals surface area contributed by atoms with Crippen LogP contribution in [0.2, 0.25) is 0 Å². The van der Waals surface area contributed by atoms with Crippen LogP contribution in [0, 0.1) is 29.6 Å². The molecule has 0 spiro atoms. The van der Waals surface area contributed by atoms with Crippen molar-refractivity contribution in [3.63, 3.8) is 0 Å². The summed E-state index contributed by atoms with van der Waals surface area (Å²) in [6, 6.07) is 17.5. The summed E-state index contributed by atoms with van der Waals surface area (Å²) in [6.45, 7) is 2.14. The van der Waals surface area contributed by atoms with Crippen LogP contribution in [0.25, 0.3) is 6.08 Å². The molecule has 0 aromatic heterocycles. The standard InChI is InChI=1S/C20H17N3O2/c1-15-3-7-18(8-4-15)23(12-2-11-21)20(25)17(14-22)13-16-5-9-19(24)10-6-16/h3-10,13,24H,2,12H2,1H3/b17-13+. The number of anilines is 1. The zero-order valence-corrected chi connectivity index (χ0v) is 13.8. The third-order valence-corrected chi connectivity index (χ3v) is 3.59. The van der Waals surface area contributed by atoms with Crippen LogP contribution in [0.3, 0.4) is 0 Å². The van der Waals surface area contributed by atoms with Crippen LogP contribution < -0.4 is 4.90 Å². The quantitative estimate of drug-likeness (QED) is 0.670. The van der Waals surface area contributed by atoms with Crippen LogP contribution in [-0.4, -0.2) is 17.6 Å². The molecule has 2 rings (SSSR count). The number of hydrogen-bond acceptors (Lipinski definition) is 4. The van der Waals surface area contributed by atoms with Gasteiger partial charge in [-0.05, 0) is 42.8 Å². The summed E-state index contributed by atoms with van der Waals surface area (Å²) < 4.78 is 0. The number of aryl methyl sites for hydroxylation is 1. The third kappa shape index (κ3) is 4.70. The van der Waals surface area contributed by atoms with Crippen molar-refractivity contribution in [1.82, 2.24) is 0 Å². The van der Waals surface area contributed by atoms with E-state index in [0.29, 0.717) is 11.3 Å². The normalized spacial score (nSPS) is 10.6. The highest BCUT2D eigenvalue weighted by molar-refractivity contribution is 6.11. The van der Waals surface area contributed by atoms with E-state index in [-0.39, 0.29) is 24.3 Å². The first-order valence-electron chi connectivity index (χ1n) is 7.71. The van der Waals surface area contributed by atoms with E-state index in [2.05, 4.69) is 0 Å². The molecule has 0 aliphatic carbocycles. The third-order valence-electron chi connectivity index (χ3n) is 3.59. The predicted octanol–water partition coefficient (Wildman–Crippen LogP) is 3.55. The highest BCUT2D eigenvalue weighted by atomic mass is 16.3. The van der Waals surface area contributed by atoms with Gasteiger partial charge in [0.15, 0.2) is 0 Å². The molecule has 0 radical (unpaired) electrons. The molecule has 0 unspecified atom stereocenters. The summed E-state index contributed by atoms with van der Waals surface area (Å²) >= 11 is 0. The Kier molecular flexibility index (Phi) is 5.92. The van der Waals surface area contributed by atoms with Crippen LogP contribution in [0.1, 0.15) is 17.5 Å². The van der Waals surface area contributed by atoms with Crippen LogP contribution >= 0.6 is 0 Å². The van der Waals surface area contributed by atoms with Crippen molar-refractivity contribution in [2.75, 3.05) is 11.4 Å². The molecule has 5 heteroatoms. The number of nitriles is 2. The number of phenolic OH excluding ortho intramolecular Hbond substituents is 1. The van der Waals surface area contributed by atoms with Gasteiger partial charge in [-0.1, -0.05) is 29.8 Å². The van der Waals surface area contributed by atoms with E-state index in [1.165, 1.54) is 23.1 Å². The van der Waals surface area contributed by atoms with Gasteiger partial charge in [-0.3, -0.25) is 4.79 Å². The van der Waals surface area contributed by atoms with Gasteiger partial charge in [0, 0.05) is 12.2 Å². The molecule has 1 amide bonds. The second-order valence-corrected chi connectivity index (χ2v) is 5.46. The summed E-state index contributed by atoms with van der Waals surface area (Å²) in [7, 11) is 0. The van der Waals surface area contributed by atoms with Gasteiger partial charge in [-0.25, -0.2) is 0 Å². The minimum Gasteiger partial charge on any atom is -0.508 e. The molecule has 0 atom stereocenters. The van der Waals surface area contributed by atoms with Crippen molar-refractivity contribution in [3.8, 4) is 17.9 Å². The molecule has 25 heavy (non-hydrogen) atoms. The molecule has 0 saturated carbocycles. The van der Waals surface area contributed by atoms with Gasteiger partial charge in [0.2, 0.25) is 0 Å². The Morgan fingerprint density at radius 1 is 1.12 bits per heavy atom. The van der Waals surface area contributed by atoms with Gasteiger partial charge in [0.05, 0.1) is 12.5 Å². The smallest absolute Gasteiger partial charge is 0.268 e. The van der Waals surface area contributed by atoms with Gasteiger partial charge < -0.3 is 10.0 Å². The summed E-state index contributed by atoms with van der Waals surface area (Å²) in [5, 5.41) is 27.6. The number of carbonyl (C=O) groups excluding carboxylic acids is 1. The number of phenols is 1. The fourth-order valence-electron chi connectivity index (χ4n) is 2.26. The fraction of sp³-hybridized carbons (Fsp3) is 0.150. The van der Waals surface area contributed by atoms with Gasteiger partial charge in [0.1, 0.15) is 17.4 Å². The monoisotopic (exact) mass is 331 g/mol. The Morgan fingerprint density at radius 3 is 2.32 bits per heavy atom. The van der Waals surface area contributed by atoms with Crippen molar-refractivity contribution in [3.05, 3.63) is 65.2 Å². The van der Waals surface area contributed by atoms with E-state index in [0.717, 1.165) is 5.56 Å². The number of aromatic hydroxyl groups is 1. The minimum atomic E-state index is -0.463. The topological polar surface area (TPSA) is 88.1 Å². The minimum absolute atomic E-state index is 0.0378. The van der Waals surface area contributed by atoms with Gasteiger partial charge in [-0.2, -0.15) is 10.5 Å². The molecule has 0 heterocycles. The van der Waals surface area contributed by atoms with Crippen LogP contribution in [0.15, 0.2) is 54.1 Å². The lowest BCUT2D eigenvalue weighted by atomic mass is 10.1. The molecule has 2 aromatic rings. The summed E-state index contributed by atoms with van der Waals surface area (Å²) in [5.74, 6) is -0.355. The van der Waals surface area contributed by atoms with Crippen LogP contribution in [-0.2, 0) is 4.79 Å². The second-order valence-electron chi connectivity index (χ2n) is 5.46. The Balaban J connectivity index is 2.36. The molecule has 2 aromatic carbocycles. The lowest BCUT2D eigenvalue weighted by Gasteiger charge is -2.21. The second kappa shape index (κ2) is 8.33. The van der Waals surface area contributed by atoms with E-state index in [4.69, 9.17) is 5.26 Å². The predicted molar refractivity (Wildman–Crippen MR) is 95.5 cm³/mol. The lowest BCUT2D eigenvalue weighted by molar-refractivity contribution is -0.114. The molecule has 1 N–H and O–H groups in total. The molecule has 0 bridgehead atoms. The number of hydrogen-bond donors (Lipinski definition) is 1. The Labute approximate surface area is 146 Å². The van der Waals surface area contributed by atoms with Crippen molar-refractivity contribution < 1.29 is 9.90 Å². The van der Waals surface area contributed by atoms with E-state index in [1.807, 2.05) is 31.2 Å². The highest BCUT2D eigenvalue weighted by Crippen LogP contribution is 2.20. The number of amides is 1. The average molecular weight is 331 g/mol. The zero-order valence-electron chi connectivity index (χ0n) is 13.8. The zero-order chi connectivity index (χ0) is 18.2. The molecule has 0 aliphatic heterocycles. The molecular formula is C20H17N3O2. The van der Waals surface area contributed by atoms with E-state index in [9.17, 15) is 15.2 Å². The van der Waals surface area contributed by atoms with Crippen molar-refractivity contribution in [2.24, 2.45) is 0 Å². The van der Waals surface area contributed by atoms with Crippen LogP contribution in [0.5, 0.6) is 5.75 Å². The summed E-state index contributed by atoms with van der Waals surface area (Å²) in [4.78, 5) is 14.2. The van der Waals surface area contributed by atoms with Gasteiger partial charge in [0.25, 0.3) is 5.91 Å². The average Bonchev–Trinajstić information content (AvgIpc) is 2.62. The lowest BCUT2D eigenvalue weighted by Crippen LogP contribution is -2.32. The largest absolute Gasteiger partial charge is 0.508 e. The first-order valence-corrected chi connectivity index (χ1v) is 7.71. The molecule has 5 nitrogen and oxygen atoms in total. The Bertz CT molecular complexity index is 854. The van der Waals surface area contributed by atoms with Crippen molar-refractivity contribution in [1.29, 1.82) is 10.5 Å². The Hall–Kier alpha value is -3.57. The Morgan fingerprint density at radius 2 is 1.76 bits per heavy atom. The summed E-state index contributed by atoms with van der Waals surface area (Å²) in [6.07, 6.45) is 1.63. The maximum Gasteiger partial charge on any atom is 0.268 e. The van der Waals surface area contributed by atoms with Gasteiger partial charge in [-0.15, -0.1) is 0 Å². The van der Waals surface area contributed by atoms with E-state index in [1.54, 1.807) is 24.3 Å². The van der Waals surface area contributed by atoms with Gasteiger partial charge >= 0.3 is 0 Å². The molecular weight excluding hydrogens is 314 g/mol. The molecule has 124 valence electrons. The fourth-order valence-corrected chi connectivity index (χ4v) is 2.26. The first-order chi connectivity index (χ1) is 12.0. The highest BCUT2D eigenvalue weighted by Gasteiger charge is 2.20. The summed E-state index contributed by atoms with van der Waals surface area (Å²) in [5.41, 5.74) is 2.28. The van der Waals surface area contributed by atoms with E-state index < -0.39 is 5.91 Å². The van der Waals surface area contributed by atoms with Crippen LogP contribution in [0.4, 0.5) is 5.69 Å². The molecule has 0 fully saturated rings. The van der Waals surface area contributed by atoms with E-state index >= 15 is 0 Å². The SMILES string of the molecule is Cc1ccc(N(CCC#N)C(=O)/C(C#N)=C/c2ccc(O)cc2)cc1. The maximum absolute atomic E-state index is 12.8. The molecule has 0 saturated heterocycles. The first kappa shape index (κ1) is 17.8. The number of rotatable bonds is 5. The number of benzene rings is 2. The molecule has 0 aliphatic rings. The number of carbonyl (C=O) groups is 1. The van der Waals surface area contributed by atoms with Crippen molar-refractivity contribution >= 4 is 17.7 Å². The number of nitrogens with zero attached hydrogens (tertiary/aromatic N) is 3.